The minimum Gasteiger partial charge on any atom is -0.390 e. The number of carbonyl (C=O) groups excluding carboxylic acids is 2. The molecule has 1 saturated heterocycles. The third kappa shape index (κ3) is 0.801. The largest absolute Gasteiger partial charge is 0.390 e. The summed E-state index contributed by atoms with van der Waals surface area (Å²) in [5, 5.41) is 0. The third-order valence-electron chi connectivity index (χ3n) is 1.25. The van der Waals surface area contributed by atoms with Gasteiger partial charge in [-0.1, -0.05) is 0 Å². The fraction of sp³-hybridized carbons (Fsp3) is 0.400. The van der Waals surface area contributed by atoms with Gasteiger partial charge in [0.05, 0.1) is 0 Å². The molecule has 5 nitrogen and oxygen atoms in total. The van der Waals surface area contributed by atoms with Gasteiger partial charge in [0.1, 0.15) is 6.04 Å². The monoisotopic (exact) mass is 142 g/mol. The summed E-state index contributed by atoms with van der Waals surface area (Å²) in [6, 6.07) is -1.88. The number of nitrogens with two attached hydrogens (primary N) is 1. The molecule has 0 amide bonds. The molecule has 2 unspecified atom stereocenters. The van der Waals surface area contributed by atoms with E-state index in [0.29, 0.717) is 0 Å². The quantitative estimate of drug-likeness (QED) is 0.273. The fourth-order valence-corrected chi connectivity index (χ4v) is 0.691. The van der Waals surface area contributed by atoms with Crippen LogP contribution in [-0.4, -0.2) is 30.7 Å². The molecule has 1 aliphatic heterocycles. The van der Waals surface area contributed by atoms with Gasteiger partial charge in [-0.3, -0.25) is 4.99 Å². The number of esters is 2. The Morgan fingerprint density at radius 3 is 2.30 bits per heavy atom. The molecule has 2 atom stereocenters. The molecule has 1 fully saturated rings. The maximum absolute atomic E-state index is 10.6. The number of nitrogens with zero attached hydrogens (tertiary/aromatic N) is 1. The van der Waals surface area contributed by atoms with Crippen LogP contribution < -0.4 is 5.73 Å². The number of cyclic esters (lactones) is 2. The third-order valence-corrected chi connectivity index (χ3v) is 1.25. The van der Waals surface area contributed by atoms with Crippen molar-refractivity contribution in [2.24, 2.45) is 10.7 Å². The molecular weight excluding hydrogens is 136 g/mol. The molecule has 0 saturated carbocycles. The summed E-state index contributed by atoms with van der Waals surface area (Å²) in [5.74, 6) is -1.45. The summed E-state index contributed by atoms with van der Waals surface area (Å²) in [6.07, 6.45) is 0. The van der Waals surface area contributed by atoms with E-state index in [-0.39, 0.29) is 0 Å². The van der Waals surface area contributed by atoms with Crippen LogP contribution in [0.5, 0.6) is 0 Å². The van der Waals surface area contributed by atoms with Crippen molar-refractivity contribution in [1.82, 2.24) is 0 Å². The van der Waals surface area contributed by atoms with Gasteiger partial charge in [0, 0.05) is 0 Å². The highest BCUT2D eigenvalue weighted by Gasteiger charge is 2.41. The highest BCUT2D eigenvalue weighted by molar-refractivity contribution is 6.01. The number of hydrogen-bond acceptors (Lipinski definition) is 5. The molecule has 1 heterocycles. The first-order valence-electron chi connectivity index (χ1n) is 2.63. The Labute approximate surface area is 56.9 Å². The van der Waals surface area contributed by atoms with Crippen molar-refractivity contribution < 1.29 is 14.3 Å². The van der Waals surface area contributed by atoms with Crippen LogP contribution in [0.3, 0.4) is 0 Å². The smallest absolute Gasteiger partial charge is 0.340 e. The van der Waals surface area contributed by atoms with E-state index in [2.05, 4.69) is 16.4 Å². The SMILES string of the molecule is C=NC1C(=O)OC(=O)C1N. The Bertz CT molecular complexity index is 201. The molecule has 5 heteroatoms. The number of aliphatic imine (C=N–C) groups is 1. The van der Waals surface area contributed by atoms with Gasteiger partial charge in [0.2, 0.25) is 0 Å². The lowest BCUT2D eigenvalue weighted by Crippen LogP contribution is -2.35. The van der Waals surface area contributed by atoms with E-state index in [1.165, 1.54) is 0 Å². The molecular formula is C5H6N2O3. The Hall–Kier alpha value is -1.23. The van der Waals surface area contributed by atoms with Crippen molar-refractivity contribution in [2.45, 2.75) is 12.1 Å². The molecule has 0 spiro atoms. The summed E-state index contributed by atoms with van der Waals surface area (Å²) >= 11 is 0. The van der Waals surface area contributed by atoms with Crippen LogP contribution in [-0.2, 0) is 14.3 Å². The topological polar surface area (TPSA) is 81.8 Å². The first-order chi connectivity index (χ1) is 4.66. The van der Waals surface area contributed by atoms with Crippen LogP contribution in [0.15, 0.2) is 4.99 Å². The van der Waals surface area contributed by atoms with Crippen molar-refractivity contribution in [3.63, 3.8) is 0 Å². The Balaban J connectivity index is 2.83. The molecule has 0 radical (unpaired) electrons. The van der Waals surface area contributed by atoms with E-state index in [1.54, 1.807) is 0 Å². The van der Waals surface area contributed by atoms with Gasteiger partial charge >= 0.3 is 11.9 Å². The Morgan fingerprint density at radius 2 is 2.10 bits per heavy atom. The van der Waals surface area contributed by atoms with E-state index in [0.717, 1.165) is 0 Å². The molecule has 54 valence electrons. The zero-order valence-corrected chi connectivity index (χ0v) is 5.11. The lowest BCUT2D eigenvalue weighted by Gasteiger charge is -1.98. The van der Waals surface area contributed by atoms with Crippen molar-refractivity contribution in [3.05, 3.63) is 0 Å². The molecule has 0 aromatic rings. The minimum atomic E-state index is -0.968. The highest BCUT2D eigenvalue weighted by atomic mass is 16.6. The molecule has 0 aliphatic carbocycles. The minimum absolute atomic E-state index is 0.715. The van der Waals surface area contributed by atoms with Gasteiger partial charge in [0.25, 0.3) is 0 Å². The molecule has 1 aliphatic rings. The summed E-state index contributed by atoms with van der Waals surface area (Å²) < 4.78 is 4.14. The number of ether oxygens (including phenoxy) is 1. The van der Waals surface area contributed by atoms with Gasteiger partial charge in [-0.15, -0.1) is 0 Å². The average molecular weight is 142 g/mol. The second-order valence-electron chi connectivity index (χ2n) is 1.89. The van der Waals surface area contributed by atoms with Crippen LogP contribution in [0.25, 0.3) is 0 Å². The number of rotatable bonds is 1. The lowest BCUT2D eigenvalue weighted by molar-refractivity contribution is -0.152. The van der Waals surface area contributed by atoms with E-state index in [9.17, 15) is 9.59 Å². The highest BCUT2D eigenvalue weighted by Crippen LogP contribution is 2.09. The van der Waals surface area contributed by atoms with Gasteiger partial charge in [0.15, 0.2) is 6.04 Å². The van der Waals surface area contributed by atoms with E-state index < -0.39 is 24.0 Å². The average Bonchev–Trinajstić information content (AvgIpc) is 2.09. The van der Waals surface area contributed by atoms with Crippen LogP contribution >= 0.6 is 0 Å². The summed E-state index contributed by atoms with van der Waals surface area (Å²) in [4.78, 5) is 24.4. The predicted molar refractivity (Wildman–Crippen MR) is 32.4 cm³/mol. The molecule has 0 aromatic heterocycles. The van der Waals surface area contributed by atoms with Crippen LogP contribution in [0, 0.1) is 0 Å². The zero-order chi connectivity index (χ0) is 7.72. The lowest BCUT2D eigenvalue weighted by atomic mass is 10.2. The predicted octanol–water partition coefficient (Wildman–Crippen LogP) is -1.53. The van der Waals surface area contributed by atoms with Crippen LogP contribution in [0.2, 0.25) is 0 Å². The Morgan fingerprint density at radius 1 is 1.50 bits per heavy atom. The van der Waals surface area contributed by atoms with Gasteiger partial charge in [-0.25, -0.2) is 9.59 Å². The second kappa shape index (κ2) is 2.18. The van der Waals surface area contributed by atoms with Crippen molar-refractivity contribution in [2.75, 3.05) is 0 Å². The van der Waals surface area contributed by atoms with Crippen LogP contribution in [0.1, 0.15) is 0 Å². The standard InChI is InChI=1S/C5H6N2O3/c1-7-3-2(6)4(8)10-5(3)9/h2-3H,1,6H2. The van der Waals surface area contributed by atoms with Crippen molar-refractivity contribution in [3.8, 4) is 0 Å². The van der Waals surface area contributed by atoms with Crippen LogP contribution in [0.4, 0.5) is 0 Å². The fourth-order valence-electron chi connectivity index (χ4n) is 0.691. The van der Waals surface area contributed by atoms with E-state index >= 15 is 0 Å². The maximum atomic E-state index is 10.6. The summed E-state index contributed by atoms with van der Waals surface area (Å²) in [6.45, 7) is 3.09. The van der Waals surface area contributed by atoms with E-state index in [1.807, 2.05) is 0 Å². The second-order valence-corrected chi connectivity index (χ2v) is 1.89. The Kier molecular flexibility index (Phi) is 1.50. The van der Waals surface area contributed by atoms with E-state index in [4.69, 9.17) is 5.73 Å². The summed E-state index contributed by atoms with van der Waals surface area (Å²) in [5.41, 5.74) is 5.19. The molecule has 2 N–H and O–H groups in total. The zero-order valence-electron chi connectivity index (χ0n) is 5.11. The molecule has 1 rings (SSSR count). The summed E-state index contributed by atoms with van der Waals surface area (Å²) in [7, 11) is 0. The first-order valence-corrected chi connectivity index (χ1v) is 2.63. The number of carbonyl (C=O) groups is 2. The van der Waals surface area contributed by atoms with Crippen molar-refractivity contribution in [1.29, 1.82) is 0 Å². The molecule has 10 heavy (non-hydrogen) atoms. The first kappa shape index (κ1) is 6.88. The normalized spacial score (nSPS) is 32.1. The van der Waals surface area contributed by atoms with Crippen molar-refractivity contribution >= 4 is 18.7 Å². The maximum Gasteiger partial charge on any atom is 0.340 e. The number of hydrogen-bond donors (Lipinski definition) is 1. The molecule has 0 aromatic carbocycles. The van der Waals surface area contributed by atoms with Gasteiger partial charge < -0.3 is 10.5 Å². The van der Waals surface area contributed by atoms with Gasteiger partial charge in [-0.05, 0) is 6.72 Å². The van der Waals surface area contributed by atoms with Gasteiger partial charge in [-0.2, -0.15) is 0 Å². The molecule has 0 bridgehead atoms.